The van der Waals surface area contributed by atoms with E-state index >= 15 is 0 Å². The smallest absolute Gasteiger partial charge is 0.233 e. The van der Waals surface area contributed by atoms with E-state index in [1.807, 2.05) is 24.3 Å². The van der Waals surface area contributed by atoms with Crippen LogP contribution in [-0.4, -0.2) is 25.0 Å². The predicted octanol–water partition coefficient (Wildman–Crippen LogP) is 2.85. The molecule has 1 heterocycles. The van der Waals surface area contributed by atoms with Gasteiger partial charge in [0.25, 0.3) is 0 Å². The van der Waals surface area contributed by atoms with Gasteiger partial charge in [0, 0.05) is 5.69 Å². The maximum Gasteiger partial charge on any atom is 0.233 e. The first-order chi connectivity index (χ1) is 9.91. The van der Waals surface area contributed by atoms with Crippen LogP contribution in [-0.2, 0) is 11.3 Å². The summed E-state index contributed by atoms with van der Waals surface area (Å²) in [6.07, 6.45) is 3.62. The highest BCUT2D eigenvalue weighted by Gasteiger charge is 2.67. The number of amides is 1. The molecule has 3 rings (SSSR count). The van der Waals surface area contributed by atoms with Gasteiger partial charge in [-0.3, -0.25) is 4.79 Å². The Morgan fingerprint density at radius 2 is 2.05 bits per heavy atom. The van der Waals surface area contributed by atoms with Crippen molar-refractivity contribution in [2.45, 2.75) is 24.2 Å². The van der Waals surface area contributed by atoms with Gasteiger partial charge >= 0.3 is 0 Å². The summed E-state index contributed by atoms with van der Waals surface area (Å²) in [5.74, 6) is -0.156. The molecule has 0 bridgehead atoms. The van der Waals surface area contributed by atoms with Gasteiger partial charge in [-0.15, -0.1) is 23.2 Å². The van der Waals surface area contributed by atoms with Crippen LogP contribution in [0.3, 0.4) is 0 Å². The van der Waals surface area contributed by atoms with Crippen LogP contribution < -0.4 is 5.32 Å². The van der Waals surface area contributed by atoms with Gasteiger partial charge in [-0.25, -0.2) is 9.67 Å². The third kappa shape index (κ3) is 2.76. The molecular weight excluding hydrogens is 311 g/mol. The summed E-state index contributed by atoms with van der Waals surface area (Å²) >= 11 is 12.0. The predicted molar refractivity (Wildman–Crippen MR) is 81.4 cm³/mol. The van der Waals surface area contributed by atoms with E-state index in [9.17, 15) is 4.79 Å². The minimum atomic E-state index is -0.954. The highest BCUT2D eigenvalue weighted by molar-refractivity contribution is 6.53. The second-order valence-corrected chi connectivity index (χ2v) is 6.94. The first-order valence-electron chi connectivity index (χ1n) is 6.51. The van der Waals surface area contributed by atoms with Crippen molar-refractivity contribution in [3.05, 3.63) is 42.5 Å². The Kier molecular flexibility index (Phi) is 3.42. The van der Waals surface area contributed by atoms with Gasteiger partial charge in [0.2, 0.25) is 5.91 Å². The van der Waals surface area contributed by atoms with Gasteiger partial charge in [0.1, 0.15) is 17.0 Å². The Hall–Kier alpha value is -1.59. The standard InChI is InChI=1S/C14H14Cl2N4O/c1-13(7-14(13,15)16)12(21)19-11-4-2-10(3-5-11)6-20-9-17-8-18-20/h2-5,8-9H,6-7H2,1H3,(H,19,21)/t13-/m1/s1. The van der Waals surface area contributed by atoms with Crippen LogP contribution in [0.1, 0.15) is 18.9 Å². The lowest BCUT2D eigenvalue weighted by Gasteiger charge is -2.13. The molecule has 1 fully saturated rings. The summed E-state index contributed by atoms with van der Waals surface area (Å²) in [5, 5.41) is 6.89. The SMILES string of the molecule is C[C@]1(C(=O)Nc2ccc(Cn3cncn3)cc2)CC1(Cl)Cl. The third-order valence-corrected chi connectivity index (χ3v) is 4.88. The molecule has 1 saturated carbocycles. The number of halogens is 2. The van der Waals surface area contributed by atoms with Crippen LogP contribution in [0, 0.1) is 5.41 Å². The fourth-order valence-electron chi connectivity index (χ4n) is 2.11. The Bertz CT molecular complexity index is 654. The van der Waals surface area contributed by atoms with E-state index < -0.39 is 9.75 Å². The molecule has 5 nitrogen and oxygen atoms in total. The van der Waals surface area contributed by atoms with E-state index in [-0.39, 0.29) is 5.91 Å². The van der Waals surface area contributed by atoms with Crippen LogP contribution in [0.15, 0.2) is 36.9 Å². The van der Waals surface area contributed by atoms with Gasteiger partial charge in [0.05, 0.1) is 12.0 Å². The lowest BCUT2D eigenvalue weighted by atomic mass is 10.1. The van der Waals surface area contributed by atoms with E-state index in [0.717, 1.165) is 11.3 Å². The Morgan fingerprint density at radius 3 is 2.57 bits per heavy atom. The van der Waals surface area contributed by atoms with E-state index in [1.54, 1.807) is 17.9 Å². The van der Waals surface area contributed by atoms with E-state index in [1.165, 1.54) is 6.33 Å². The molecule has 1 aromatic heterocycles. The van der Waals surface area contributed by atoms with Crippen LogP contribution in [0.25, 0.3) is 0 Å². The van der Waals surface area contributed by atoms with Crippen LogP contribution in [0.5, 0.6) is 0 Å². The van der Waals surface area contributed by atoms with Crippen LogP contribution in [0.2, 0.25) is 0 Å². The number of benzene rings is 1. The summed E-state index contributed by atoms with van der Waals surface area (Å²) in [5.41, 5.74) is 1.08. The zero-order valence-electron chi connectivity index (χ0n) is 11.4. The van der Waals surface area contributed by atoms with Crippen molar-refractivity contribution in [2.75, 3.05) is 5.32 Å². The largest absolute Gasteiger partial charge is 0.326 e. The van der Waals surface area contributed by atoms with Gasteiger partial charge in [-0.05, 0) is 31.0 Å². The zero-order valence-corrected chi connectivity index (χ0v) is 12.9. The van der Waals surface area contributed by atoms with Crippen molar-refractivity contribution in [2.24, 2.45) is 5.41 Å². The monoisotopic (exact) mass is 324 g/mol. The van der Waals surface area contributed by atoms with Crippen molar-refractivity contribution < 1.29 is 4.79 Å². The normalized spacial score (nSPS) is 22.8. The Balaban J connectivity index is 1.64. The molecule has 1 aliphatic rings. The van der Waals surface area contributed by atoms with Crippen LogP contribution >= 0.6 is 23.2 Å². The summed E-state index contributed by atoms with van der Waals surface area (Å²) < 4.78 is 0.776. The topological polar surface area (TPSA) is 59.8 Å². The first kappa shape index (κ1) is 14.4. The van der Waals surface area contributed by atoms with E-state index in [4.69, 9.17) is 23.2 Å². The van der Waals surface area contributed by atoms with Crippen molar-refractivity contribution in [1.82, 2.24) is 14.8 Å². The van der Waals surface area contributed by atoms with Gasteiger partial charge < -0.3 is 5.32 Å². The lowest BCUT2D eigenvalue weighted by molar-refractivity contribution is -0.120. The first-order valence-corrected chi connectivity index (χ1v) is 7.27. The number of carbonyl (C=O) groups is 1. The molecule has 0 saturated heterocycles. The zero-order chi connectivity index (χ0) is 15.1. The van der Waals surface area contributed by atoms with Crippen molar-refractivity contribution in [3.8, 4) is 0 Å². The number of anilines is 1. The number of alkyl halides is 2. The number of hydrogen-bond donors (Lipinski definition) is 1. The molecular formula is C14H14Cl2N4O. The summed E-state index contributed by atoms with van der Waals surface area (Å²) in [6, 6.07) is 7.56. The average Bonchev–Trinajstić information content (AvgIpc) is 2.81. The quantitative estimate of drug-likeness (QED) is 0.880. The van der Waals surface area contributed by atoms with Crippen molar-refractivity contribution in [3.63, 3.8) is 0 Å². The van der Waals surface area contributed by atoms with Crippen LogP contribution in [0.4, 0.5) is 5.69 Å². The number of hydrogen-bond acceptors (Lipinski definition) is 3. The molecule has 0 radical (unpaired) electrons. The van der Waals surface area contributed by atoms with E-state index in [2.05, 4.69) is 15.4 Å². The fraction of sp³-hybridized carbons (Fsp3) is 0.357. The number of aromatic nitrogens is 3. The molecule has 1 aliphatic carbocycles. The average molecular weight is 325 g/mol. The molecule has 1 aromatic carbocycles. The second-order valence-electron chi connectivity index (χ2n) is 5.46. The Morgan fingerprint density at radius 1 is 1.38 bits per heavy atom. The molecule has 0 spiro atoms. The van der Waals surface area contributed by atoms with Gasteiger partial charge in [0.15, 0.2) is 0 Å². The minimum Gasteiger partial charge on any atom is -0.326 e. The summed E-state index contributed by atoms with van der Waals surface area (Å²) in [6.45, 7) is 2.40. The third-order valence-electron chi connectivity index (χ3n) is 3.78. The maximum atomic E-state index is 12.2. The molecule has 2 aromatic rings. The molecule has 110 valence electrons. The minimum absolute atomic E-state index is 0.156. The summed E-state index contributed by atoms with van der Waals surface area (Å²) in [4.78, 5) is 16.0. The molecule has 1 amide bonds. The number of carbonyl (C=O) groups excluding carboxylic acids is 1. The highest BCUT2D eigenvalue weighted by Crippen LogP contribution is 2.64. The van der Waals surface area contributed by atoms with Gasteiger partial charge in [-0.2, -0.15) is 5.10 Å². The highest BCUT2D eigenvalue weighted by atomic mass is 35.5. The molecule has 0 unspecified atom stereocenters. The molecule has 21 heavy (non-hydrogen) atoms. The number of nitrogens with one attached hydrogen (secondary N) is 1. The van der Waals surface area contributed by atoms with Crippen molar-refractivity contribution in [1.29, 1.82) is 0 Å². The number of nitrogens with zero attached hydrogens (tertiary/aromatic N) is 3. The fourth-order valence-corrected chi connectivity index (χ4v) is 2.82. The molecule has 7 heteroatoms. The Labute approximate surface area is 132 Å². The van der Waals surface area contributed by atoms with Gasteiger partial charge in [-0.1, -0.05) is 12.1 Å². The van der Waals surface area contributed by atoms with E-state index in [0.29, 0.717) is 13.0 Å². The number of rotatable bonds is 4. The summed E-state index contributed by atoms with van der Waals surface area (Å²) in [7, 11) is 0. The van der Waals surface area contributed by atoms with Crippen molar-refractivity contribution >= 4 is 34.8 Å². The molecule has 1 atom stereocenters. The molecule has 0 aliphatic heterocycles. The maximum absolute atomic E-state index is 12.2. The molecule has 1 N–H and O–H groups in total. The lowest BCUT2D eigenvalue weighted by Crippen LogP contribution is -2.25. The second kappa shape index (κ2) is 5.00.